The summed E-state index contributed by atoms with van der Waals surface area (Å²) in [6.07, 6.45) is 1.14. The van der Waals surface area contributed by atoms with Crippen molar-refractivity contribution < 1.29 is 0 Å². The van der Waals surface area contributed by atoms with Crippen molar-refractivity contribution in [3.8, 4) is 0 Å². The van der Waals surface area contributed by atoms with E-state index in [1.54, 1.807) is 0 Å². The van der Waals surface area contributed by atoms with Gasteiger partial charge in [-0.15, -0.1) is 0 Å². The van der Waals surface area contributed by atoms with E-state index in [0.717, 1.165) is 24.5 Å². The van der Waals surface area contributed by atoms with Gasteiger partial charge in [-0.25, -0.2) is 0 Å². The van der Waals surface area contributed by atoms with Crippen LogP contribution in [0.2, 0.25) is 5.02 Å². The van der Waals surface area contributed by atoms with E-state index in [2.05, 4.69) is 24.8 Å². The molecule has 2 nitrogen and oxygen atoms in total. The molecule has 0 aliphatic rings. The predicted octanol–water partition coefficient (Wildman–Crippen LogP) is 2.90. The third-order valence-corrected chi connectivity index (χ3v) is 3.14. The summed E-state index contributed by atoms with van der Waals surface area (Å²) in [6, 6.07) is 8.59. The summed E-state index contributed by atoms with van der Waals surface area (Å²) in [6.45, 7) is 6.99. The summed E-state index contributed by atoms with van der Waals surface area (Å²) in [5, 5.41) is 0.800. The SMILES string of the molecule is CCC(C)N(CCN)Cc1cccc(Cl)c1. The number of nitrogens with two attached hydrogens (primary N) is 1. The maximum Gasteiger partial charge on any atom is 0.0409 e. The largest absolute Gasteiger partial charge is 0.329 e. The van der Waals surface area contributed by atoms with E-state index < -0.39 is 0 Å². The Morgan fingerprint density at radius 2 is 2.19 bits per heavy atom. The zero-order valence-electron chi connectivity index (χ0n) is 10.1. The second-order valence-corrected chi connectivity index (χ2v) is 4.58. The Labute approximate surface area is 103 Å². The summed E-state index contributed by atoms with van der Waals surface area (Å²) >= 11 is 5.98. The molecule has 0 saturated carbocycles. The minimum Gasteiger partial charge on any atom is -0.329 e. The Morgan fingerprint density at radius 1 is 1.44 bits per heavy atom. The quantitative estimate of drug-likeness (QED) is 0.829. The monoisotopic (exact) mass is 240 g/mol. The normalized spacial score (nSPS) is 13.1. The fourth-order valence-corrected chi connectivity index (χ4v) is 1.96. The average Bonchev–Trinajstić information content (AvgIpc) is 2.27. The number of halogens is 1. The highest BCUT2D eigenvalue weighted by Crippen LogP contribution is 2.14. The lowest BCUT2D eigenvalue weighted by Crippen LogP contribution is -2.36. The Bertz CT molecular complexity index is 315. The highest BCUT2D eigenvalue weighted by Gasteiger charge is 2.11. The lowest BCUT2D eigenvalue weighted by molar-refractivity contribution is 0.201. The number of hydrogen-bond donors (Lipinski definition) is 1. The fourth-order valence-electron chi connectivity index (χ4n) is 1.75. The molecule has 1 aromatic rings. The van der Waals surface area contributed by atoms with Gasteiger partial charge in [0.2, 0.25) is 0 Å². The van der Waals surface area contributed by atoms with E-state index in [0.29, 0.717) is 12.6 Å². The van der Waals surface area contributed by atoms with Gasteiger partial charge >= 0.3 is 0 Å². The van der Waals surface area contributed by atoms with Crippen LogP contribution in [0, 0.1) is 0 Å². The van der Waals surface area contributed by atoms with Gasteiger partial charge in [0.15, 0.2) is 0 Å². The van der Waals surface area contributed by atoms with E-state index in [1.807, 2.05) is 18.2 Å². The molecule has 1 unspecified atom stereocenters. The standard InChI is InChI=1S/C13H21ClN2/c1-3-11(2)16(8-7-15)10-12-5-4-6-13(14)9-12/h4-6,9,11H,3,7-8,10,15H2,1-2H3. The van der Waals surface area contributed by atoms with Crippen LogP contribution in [0.25, 0.3) is 0 Å². The average molecular weight is 241 g/mol. The van der Waals surface area contributed by atoms with Gasteiger partial charge < -0.3 is 5.73 Å². The lowest BCUT2D eigenvalue weighted by Gasteiger charge is -2.27. The first-order valence-corrected chi connectivity index (χ1v) is 6.23. The molecule has 2 N–H and O–H groups in total. The van der Waals surface area contributed by atoms with Gasteiger partial charge in [0.05, 0.1) is 0 Å². The van der Waals surface area contributed by atoms with Gasteiger partial charge in [0, 0.05) is 30.7 Å². The molecule has 0 aliphatic heterocycles. The summed E-state index contributed by atoms with van der Waals surface area (Å²) in [5.74, 6) is 0. The van der Waals surface area contributed by atoms with Crippen molar-refractivity contribution in [1.82, 2.24) is 4.90 Å². The highest BCUT2D eigenvalue weighted by atomic mass is 35.5. The molecule has 0 amide bonds. The van der Waals surface area contributed by atoms with Crippen LogP contribution in [-0.4, -0.2) is 24.0 Å². The number of nitrogens with zero attached hydrogens (tertiary/aromatic N) is 1. The van der Waals surface area contributed by atoms with Crippen molar-refractivity contribution in [3.05, 3.63) is 34.9 Å². The Balaban J connectivity index is 2.67. The molecule has 0 heterocycles. The molecule has 0 aliphatic carbocycles. The van der Waals surface area contributed by atoms with Crippen LogP contribution < -0.4 is 5.73 Å². The van der Waals surface area contributed by atoms with E-state index >= 15 is 0 Å². The predicted molar refractivity (Wildman–Crippen MR) is 70.7 cm³/mol. The van der Waals surface area contributed by atoms with Crippen LogP contribution in [0.3, 0.4) is 0 Å². The molecule has 16 heavy (non-hydrogen) atoms. The maximum absolute atomic E-state index is 5.98. The molecule has 1 atom stereocenters. The molecular formula is C13H21ClN2. The minimum atomic E-state index is 0.558. The Hall–Kier alpha value is -0.570. The van der Waals surface area contributed by atoms with Gasteiger partial charge in [-0.05, 0) is 31.0 Å². The zero-order valence-corrected chi connectivity index (χ0v) is 10.9. The number of benzene rings is 1. The smallest absolute Gasteiger partial charge is 0.0409 e. The molecular weight excluding hydrogens is 220 g/mol. The van der Waals surface area contributed by atoms with Gasteiger partial charge in [0.25, 0.3) is 0 Å². The van der Waals surface area contributed by atoms with Gasteiger partial charge in [-0.1, -0.05) is 30.7 Å². The van der Waals surface area contributed by atoms with Crippen molar-refractivity contribution in [1.29, 1.82) is 0 Å². The number of hydrogen-bond acceptors (Lipinski definition) is 2. The number of rotatable bonds is 6. The molecule has 90 valence electrons. The van der Waals surface area contributed by atoms with E-state index in [4.69, 9.17) is 17.3 Å². The van der Waals surface area contributed by atoms with E-state index in [9.17, 15) is 0 Å². The first kappa shape index (κ1) is 13.5. The van der Waals surface area contributed by atoms with Crippen LogP contribution in [0.5, 0.6) is 0 Å². The summed E-state index contributed by atoms with van der Waals surface area (Å²) in [5.41, 5.74) is 6.89. The lowest BCUT2D eigenvalue weighted by atomic mass is 10.1. The molecule has 3 heteroatoms. The molecule has 0 spiro atoms. The van der Waals surface area contributed by atoms with Crippen molar-refractivity contribution in [2.45, 2.75) is 32.9 Å². The van der Waals surface area contributed by atoms with Crippen LogP contribution >= 0.6 is 11.6 Å². The van der Waals surface area contributed by atoms with Crippen molar-refractivity contribution in [2.24, 2.45) is 5.73 Å². The molecule has 1 rings (SSSR count). The topological polar surface area (TPSA) is 29.3 Å². The van der Waals surface area contributed by atoms with Crippen molar-refractivity contribution in [2.75, 3.05) is 13.1 Å². The van der Waals surface area contributed by atoms with Gasteiger partial charge in [0.1, 0.15) is 0 Å². The molecule has 1 aromatic carbocycles. The Morgan fingerprint density at radius 3 is 2.75 bits per heavy atom. The molecule has 0 aromatic heterocycles. The summed E-state index contributed by atoms with van der Waals surface area (Å²) in [4.78, 5) is 2.39. The zero-order chi connectivity index (χ0) is 12.0. The van der Waals surface area contributed by atoms with Crippen LogP contribution in [0.15, 0.2) is 24.3 Å². The van der Waals surface area contributed by atoms with Crippen LogP contribution in [-0.2, 0) is 6.54 Å². The van der Waals surface area contributed by atoms with Gasteiger partial charge in [-0.3, -0.25) is 4.90 Å². The van der Waals surface area contributed by atoms with Gasteiger partial charge in [-0.2, -0.15) is 0 Å². The maximum atomic E-state index is 5.98. The van der Waals surface area contributed by atoms with Crippen molar-refractivity contribution >= 4 is 11.6 Å². The fraction of sp³-hybridized carbons (Fsp3) is 0.538. The first-order valence-electron chi connectivity index (χ1n) is 5.86. The second kappa shape index (κ2) is 6.89. The third-order valence-electron chi connectivity index (χ3n) is 2.91. The van der Waals surface area contributed by atoms with E-state index in [-0.39, 0.29) is 0 Å². The highest BCUT2D eigenvalue weighted by molar-refractivity contribution is 6.30. The molecule has 0 radical (unpaired) electrons. The minimum absolute atomic E-state index is 0.558. The third kappa shape index (κ3) is 4.12. The first-order chi connectivity index (χ1) is 7.67. The molecule has 0 saturated heterocycles. The van der Waals surface area contributed by atoms with E-state index in [1.165, 1.54) is 5.56 Å². The second-order valence-electron chi connectivity index (χ2n) is 4.15. The van der Waals surface area contributed by atoms with Crippen molar-refractivity contribution in [3.63, 3.8) is 0 Å². The summed E-state index contributed by atoms with van der Waals surface area (Å²) in [7, 11) is 0. The summed E-state index contributed by atoms with van der Waals surface area (Å²) < 4.78 is 0. The van der Waals surface area contributed by atoms with Crippen LogP contribution in [0.1, 0.15) is 25.8 Å². The molecule has 0 fully saturated rings. The Kier molecular flexibility index (Phi) is 5.81. The molecule has 0 bridgehead atoms. The van der Waals surface area contributed by atoms with Crippen LogP contribution in [0.4, 0.5) is 0 Å².